The van der Waals surface area contributed by atoms with E-state index in [1.54, 1.807) is 21.9 Å². The summed E-state index contributed by atoms with van der Waals surface area (Å²) in [5, 5.41) is 0.630. The van der Waals surface area contributed by atoms with E-state index in [1.807, 2.05) is 80.6 Å². The topological polar surface area (TPSA) is 49.9 Å². The zero-order chi connectivity index (χ0) is 23.4. The molecule has 1 aliphatic heterocycles. The second kappa shape index (κ2) is 10.1. The minimum Gasteiger partial charge on any atom is -0.484 e. The Morgan fingerprint density at radius 3 is 2.36 bits per heavy atom. The van der Waals surface area contributed by atoms with Gasteiger partial charge in [-0.1, -0.05) is 48.0 Å². The molecule has 5 nitrogen and oxygen atoms in total. The van der Waals surface area contributed by atoms with Crippen LogP contribution in [-0.4, -0.2) is 31.0 Å². The largest absolute Gasteiger partial charge is 0.484 e. The standard InChI is InChI=1S/C27H27ClN2O3/c1-3-29(21-15-13-20(28)14-16-21)27(32)24-17-19(2)30(25-12-8-7-11-23(24)25)26(31)18-33-22-9-5-4-6-10-22/h4-16,19,24H,3,17-18H2,1-2H3/t19-,24-/m0/s1. The number of nitrogens with zero attached hydrogens (tertiary/aromatic N) is 2. The molecule has 0 N–H and O–H groups in total. The number of fused-ring (bicyclic) bond motifs is 1. The lowest BCUT2D eigenvalue weighted by Crippen LogP contribution is -2.48. The van der Waals surface area contributed by atoms with E-state index in [9.17, 15) is 9.59 Å². The predicted molar refractivity (Wildman–Crippen MR) is 132 cm³/mol. The first-order valence-corrected chi connectivity index (χ1v) is 11.5. The number of amides is 2. The van der Waals surface area contributed by atoms with Crippen LogP contribution >= 0.6 is 11.6 Å². The molecule has 0 fully saturated rings. The van der Waals surface area contributed by atoms with Gasteiger partial charge >= 0.3 is 0 Å². The summed E-state index contributed by atoms with van der Waals surface area (Å²) in [4.78, 5) is 30.4. The van der Waals surface area contributed by atoms with E-state index in [2.05, 4.69) is 0 Å². The molecule has 0 aromatic heterocycles. The fourth-order valence-corrected chi connectivity index (χ4v) is 4.56. The van der Waals surface area contributed by atoms with Gasteiger partial charge in [0.1, 0.15) is 5.75 Å². The maximum Gasteiger partial charge on any atom is 0.265 e. The normalized spacial score (nSPS) is 17.2. The van der Waals surface area contributed by atoms with Gasteiger partial charge in [-0.2, -0.15) is 0 Å². The van der Waals surface area contributed by atoms with Crippen LogP contribution < -0.4 is 14.5 Å². The van der Waals surface area contributed by atoms with Crippen LogP contribution in [0.25, 0.3) is 0 Å². The number of hydrogen-bond donors (Lipinski definition) is 0. The molecule has 1 aliphatic rings. The predicted octanol–water partition coefficient (Wildman–Crippen LogP) is 5.68. The third-order valence-electron chi connectivity index (χ3n) is 5.98. The number of halogens is 1. The molecule has 0 bridgehead atoms. The first kappa shape index (κ1) is 22.9. The van der Waals surface area contributed by atoms with E-state index in [0.29, 0.717) is 23.7 Å². The summed E-state index contributed by atoms with van der Waals surface area (Å²) in [5.41, 5.74) is 2.44. The number of hydrogen-bond acceptors (Lipinski definition) is 3. The summed E-state index contributed by atoms with van der Waals surface area (Å²) in [6, 6.07) is 24.1. The molecule has 3 aromatic carbocycles. The Morgan fingerprint density at radius 1 is 1.00 bits per heavy atom. The zero-order valence-corrected chi connectivity index (χ0v) is 19.5. The maximum absolute atomic E-state index is 13.7. The Bertz CT molecular complexity index is 1120. The number of carbonyl (C=O) groups excluding carboxylic acids is 2. The van der Waals surface area contributed by atoms with Crippen LogP contribution in [0.3, 0.4) is 0 Å². The Labute approximate surface area is 199 Å². The van der Waals surface area contributed by atoms with Crippen molar-refractivity contribution in [3.63, 3.8) is 0 Å². The molecular weight excluding hydrogens is 436 g/mol. The fraction of sp³-hybridized carbons (Fsp3) is 0.259. The van der Waals surface area contributed by atoms with Gasteiger partial charge in [0, 0.05) is 29.0 Å². The van der Waals surface area contributed by atoms with Crippen LogP contribution in [0.1, 0.15) is 31.7 Å². The van der Waals surface area contributed by atoms with Crippen molar-refractivity contribution in [1.29, 1.82) is 0 Å². The Morgan fingerprint density at radius 2 is 1.67 bits per heavy atom. The molecular formula is C27H27ClN2O3. The number of ether oxygens (including phenoxy) is 1. The van der Waals surface area contributed by atoms with E-state index >= 15 is 0 Å². The molecule has 1 heterocycles. The Balaban J connectivity index is 1.59. The van der Waals surface area contributed by atoms with Crippen molar-refractivity contribution in [3.05, 3.63) is 89.4 Å². The molecule has 33 heavy (non-hydrogen) atoms. The lowest BCUT2D eigenvalue weighted by molar-refractivity contribution is -0.123. The van der Waals surface area contributed by atoms with E-state index in [-0.39, 0.29) is 30.4 Å². The van der Waals surface area contributed by atoms with Crippen LogP contribution in [0, 0.1) is 0 Å². The molecule has 2 atom stereocenters. The lowest BCUT2D eigenvalue weighted by atomic mass is 9.84. The van der Waals surface area contributed by atoms with Gasteiger partial charge in [0.15, 0.2) is 6.61 Å². The number of benzene rings is 3. The monoisotopic (exact) mass is 462 g/mol. The van der Waals surface area contributed by atoms with E-state index in [1.165, 1.54) is 0 Å². The van der Waals surface area contributed by atoms with Gasteiger partial charge in [0.2, 0.25) is 5.91 Å². The summed E-state index contributed by atoms with van der Waals surface area (Å²) in [7, 11) is 0. The number of para-hydroxylation sites is 2. The molecule has 0 saturated carbocycles. The summed E-state index contributed by atoms with van der Waals surface area (Å²) in [6.07, 6.45) is 0.539. The van der Waals surface area contributed by atoms with Crippen LogP contribution in [-0.2, 0) is 9.59 Å². The van der Waals surface area contributed by atoms with Crippen molar-refractivity contribution in [3.8, 4) is 5.75 Å². The number of rotatable bonds is 6. The fourth-order valence-electron chi connectivity index (χ4n) is 4.43. The van der Waals surface area contributed by atoms with Gasteiger partial charge in [-0.05, 0) is 68.3 Å². The highest BCUT2D eigenvalue weighted by molar-refractivity contribution is 6.30. The molecule has 170 valence electrons. The average molecular weight is 463 g/mol. The third kappa shape index (κ3) is 4.88. The summed E-state index contributed by atoms with van der Waals surface area (Å²) in [6.45, 7) is 4.42. The van der Waals surface area contributed by atoms with Crippen LogP contribution in [0.5, 0.6) is 5.75 Å². The smallest absolute Gasteiger partial charge is 0.265 e. The minimum atomic E-state index is -0.342. The minimum absolute atomic E-state index is 0.0201. The third-order valence-corrected chi connectivity index (χ3v) is 6.23. The zero-order valence-electron chi connectivity index (χ0n) is 18.8. The van der Waals surface area contributed by atoms with Gasteiger partial charge < -0.3 is 14.5 Å². The first-order valence-electron chi connectivity index (χ1n) is 11.2. The van der Waals surface area contributed by atoms with Crippen molar-refractivity contribution in [2.45, 2.75) is 32.2 Å². The van der Waals surface area contributed by atoms with E-state index < -0.39 is 0 Å². The molecule has 0 saturated heterocycles. The molecule has 0 aliphatic carbocycles. The molecule has 0 spiro atoms. The van der Waals surface area contributed by atoms with Crippen LogP contribution in [0.4, 0.5) is 11.4 Å². The second-order valence-corrected chi connectivity index (χ2v) is 8.56. The summed E-state index contributed by atoms with van der Waals surface area (Å²) >= 11 is 6.03. The molecule has 4 rings (SSSR count). The van der Waals surface area contributed by atoms with Crippen molar-refractivity contribution in [1.82, 2.24) is 0 Å². The molecule has 3 aromatic rings. The summed E-state index contributed by atoms with van der Waals surface area (Å²) in [5.74, 6) is 0.200. The molecule has 6 heteroatoms. The van der Waals surface area contributed by atoms with Crippen LogP contribution in [0.2, 0.25) is 5.02 Å². The second-order valence-electron chi connectivity index (χ2n) is 8.12. The van der Waals surface area contributed by atoms with Gasteiger partial charge in [-0.3, -0.25) is 9.59 Å². The highest BCUT2D eigenvalue weighted by Crippen LogP contribution is 2.40. The molecule has 0 radical (unpaired) electrons. The van der Waals surface area contributed by atoms with Gasteiger partial charge in [0.25, 0.3) is 5.91 Å². The van der Waals surface area contributed by atoms with Crippen molar-refractivity contribution in [2.75, 3.05) is 23.0 Å². The molecule has 0 unspecified atom stereocenters. The van der Waals surface area contributed by atoms with Crippen LogP contribution in [0.15, 0.2) is 78.9 Å². The van der Waals surface area contributed by atoms with E-state index in [4.69, 9.17) is 16.3 Å². The van der Waals surface area contributed by atoms with Crippen molar-refractivity contribution in [2.24, 2.45) is 0 Å². The number of likely N-dealkylation sites (N-methyl/N-ethyl adjacent to an activating group) is 1. The van der Waals surface area contributed by atoms with Gasteiger partial charge in [-0.25, -0.2) is 0 Å². The SMILES string of the molecule is CCN(C(=O)[C@H]1C[C@H](C)N(C(=O)COc2ccccc2)c2ccccc21)c1ccc(Cl)cc1. The summed E-state index contributed by atoms with van der Waals surface area (Å²) < 4.78 is 5.70. The highest BCUT2D eigenvalue weighted by Gasteiger charge is 2.38. The quantitative estimate of drug-likeness (QED) is 0.473. The average Bonchev–Trinajstić information content (AvgIpc) is 2.84. The molecule has 2 amide bonds. The number of anilines is 2. The number of carbonyl (C=O) groups is 2. The Hall–Kier alpha value is -3.31. The van der Waals surface area contributed by atoms with Gasteiger partial charge in [0.05, 0.1) is 5.92 Å². The Kier molecular flexibility index (Phi) is 6.99. The van der Waals surface area contributed by atoms with E-state index in [0.717, 1.165) is 16.9 Å². The highest BCUT2D eigenvalue weighted by atomic mass is 35.5. The lowest BCUT2D eigenvalue weighted by Gasteiger charge is -2.40. The van der Waals surface area contributed by atoms with Crippen molar-refractivity contribution < 1.29 is 14.3 Å². The maximum atomic E-state index is 13.7. The first-order chi connectivity index (χ1) is 16.0. The van der Waals surface area contributed by atoms with Gasteiger partial charge in [-0.15, -0.1) is 0 Å². The van der Waals surface area contributed by atoms with Crippen molar-refractivity contribution >= 4 is 34.8 Å².